The van der Waals surface area contributed by atoms with Crippen LogP contribution in [0.15, 0.2) is 72.9 Å². The van der Waals surface area contributed by atoms with E-state index in [2.05, 4.69) is 79.9 Å². The Labute approximate surface area is 531 Å². The fraction of sp³-hybridized carbons (Fsp3) is 0.831. The quantitative estimate of drug-likeness (QED) is 0.0261. The number of carbonyl (C=O) groups is 1. The average molecular weight is 1210 g/mol. The second-order valence-electron chi connectivity index (χ2n) is 25.7. The summed E-state index contributed by atoms with van der Waals surface area (Å²) in [4.78, 5) is 13.1. The molecule has 0 spiro atoms. The van der Waals surface area contributed by atoms with Crippen molar-refractivity contribution in [1.82, 2.24) is 5.32 Å². The minimum atomic E-state index is -1.57. The van der Waals surface area contributed by atoms with Gasteiger partial charge in [0.05, 0.1) is 25.4 Å². The van der Waals surface area contributed by atoms with Gasteiger partial charge >= 0.3 is 0 Å². The van der Waals surface area contributed by atoms with E-state index in [0.29, 0.717) is 6.42 Å². The summed E-state index contributed by atoms with van der Waals surface area (Å²) in [5, 5.41) is 54.8. The Balaban J connectivity index is 2.07. The van der Waals surface area contributed by atoms with Crippen molar-refractivity contribution < 1.29 is 39.8 Å². The zero-order chi connectivity index (χ0) is 62.1. The lowest BCUT2D eigenvalue weighted by molar-refractivity contribution is -0.302. The lowest BCUT2D eigenvalue weighted by atomic mass is 9.99. The number of allylic oxidation sites excluding steroid dienone is 11. The Kier molecular flexibility index (Phi) is 62.3. The molecule has 0 saturated carbocycles. The summed E-state index contributed by atoms with van der Waals surface area (Å²) in [7, 11) is 0. The number of aliphatic hydroxyl groups excluding tert-OH is 5. The molecule has 0 aromatic rings. The van der Waals surface area contributed by atoms with Gasteiger partial charge in [-0.2, -0.15) is 0 Å². The zero-order valence-corrected chi connectivity index (χ0v) is 56.3. The molecule has 1 amide bonds. The Morgan fingerprint density at radius 1 is 0.407 bits per heavy atom. The maximum Gasteiger partial charge on any atom is 0.220 e. The molecule has 1 fully saturated rings. The second kappa shape index (κ2) is 65.6. The molecule has 1 rings (SSSR count). The van der Waals surface area contributed by atoms with E-state index in [1.807, 2.05) is 6.08 Å². The highest BCUT2D eigenvalue weighted by molar-refractivity contribution is 5.76. The predicted octanol–water partition coefficient (Wildman–Crippen LogP) is 20.7. The smallest absolute Gasteiger partial charge is 0.220 e. The van der Waals surface area contributed by atoms with Gasteiger partial charge < -0.3 is 40.3 Å². The third-order valence-electron chi connectivity index (χ3n) is 17.5. The largest absolute Gasteiger partial charge is 0.394 e. The fourth-order valence-electron chi connectivity index (χ4n) is 11.8. The molecule has 1 heterocycles. The standard InChI is InChI=1S/C77H141NO8/c1-3-5-7-9-11-13-15-17-19-21-23-25-27-29-30-31-32-33-34-35-36-37-38-39-40-41-42-43-45-47-49-51-53-55-57-59-61-63-65-67-73(81)78-70(69-85-77-76(84)75(83)74(82)72(68-79)86-77)71(80)66-64-62-60-58-56-54-52-50-48-46-44-28-26-24-22-20-18-16-14-12-10-8-6-4-2/h5,7,11,13,17,19,23,25,29-30,64,66,70-72,74-77,79-80,82-84H,3-4,6,8-10,12,14-16,18,20-22,24,26-28,31-63,65,67-69H2,1-2H3,(H,78,81)/b7-5-,13-11-,19-17-,25-23-,30-29-,66-64+. The third-order valence-corrected chi connectivity index (χ3v) is 17.5. The van der Waals surface area contributed by atoms with E-state index in [4.69, 9.17) is 9.47 Å². The van der Waals surface area contributed by atoms with Gasteiger partial charge in [-0.15, -0.1) is 0 Å². The fourth-order valence-corrected chi connectivity index (χ4v) is 11.8. The van der Waals surface area contributed by atoms with E-state index < -0.39 is 49.5 Å². The van der Waals surface area contributed by atoms with Crippen molar-refractivity contribution in [3.63, 3.8) is 0 Å². The molecule has 6 N–H and O–H groups in total. The molecule has 9 nitrogen and oxygen atoms in total. The first kappa shape index (κ1) is 81.6. The first-order valence-corrected chi connectivity index (χ1v) is 37.2. The van der Waals surface area contributed by atoms with Crippen molar-refractivity contribution in [3.8, 4) is 0 Å². The summed E-state index contributed by atoms with van der Waals surface area (Å²) in [6.45, 7) is 3.71. The summed E-state index contributed by atoms with van der Waals surface area (Å²) in [6.07, 6.45) is 86.0. The normalized spacial score (nSPS) is 18.4. The maximum absolute atomic E-state index is 13.1. The van der Waals surface area contributed by atoms with Crippen LogP contribution in [0, 0.1) is 0 Å². The molecule has 1 aliphatic rings. The maximum atomic E-state index is 13.1. The number of unbranched alkanes of at least 4 members (excludes halogenated alkanes) is 45. The molecule has 9 heteroatoms. The summed E-state index contributed by atoms with van der Waals surface area (Å²) in [5.74, 6) is -0.170. The molecule has 1 aliphatic heterocycles. The van der Waals surface area contributed by atoms with Crippen LogP contribution in [0.25, 0.3) is 0 Å². The van der Waals surface area contributed by atoms with Crippen LogP contribution in [0.3, 0.4) is 0 Å². The lowest BCUT2D eigenvalue weighted by Crippen LogP contribution is -2.60. The van der Waals surface area contributed by atoms with Crippen LogP contribution in [0.2, 0.25) is 0 Å². The highest BCUT2D eigenvalue weighted by Gasteiger charge is 2.44. The number of ether oxygens (including phenoxy) is 2. The number of hydrogen-bond donors (Lipinski definition) is 6. The number of hydrogen-bond acceptors (Lipinski definition) is 8. The molecule has 0 radical (unpaired) electrons. The van der Waals surface area contributed by atoms with Crippen molar-refractivity contribution in [2.24, 2.45) is 0 Å². The molecule has 1 saturated heterocycles. The molecule has 7 unspecified atom stereocenters. The molecule has 0 aromatic heterocycles. The zero-order valence-electron chi connectivity index (χ0n) is 56.3. The van der Waals surface area contributed by atoms with Gasteiger partial charge in [0.15, 0.2) is 6.29 Å². The predicted molar refractivity (Wildman–Crippen MR) is 369 cm³/mol. The van der Waals surface area contributed by atoms with Gasteiger partial charge in [-0.25, -0.2) is 0 Å². The Morgan fingerprint density at radius 2 is 0.721 bits per heavy atom. The minimum absolute atomic E-state index is 0.170. The minimum Gasteiger partial charge on any atom is -0.394 e. The third kappa shape index (κ3) is 53.5. The molecule has 502 valence electrons. The van der Waals surface area contributed by atoms with Gasteiger partial charge in [-0.1, -0.05) is 356 Å². The van der Waals surface area contributed by atoms with E-state index >= 15 is 0 Å². The van der Waals surface area contributed by atoms with Crippen LogP contribution in [0.5, 0.6) is 0 Å². The van der Waals surface area contributed by atoms with Crippen molar-refractivity contribution in [1.29, 1.82) is 0 Å². The van der Waals surface area contributed by atoms with Gasteiger partial charge in [-0.05, 0) is 64.2 Å². The molecular weight excluding hydrogens is 1070 g/mol. The molecule has 0 aliphatic carbocycles. The first-order valence-electron chi connectivity index (χ1n) is 37.2. The van der Waals surface area contributed by atoms with Gasteiger partial charge in [0, 0.05) is 6.42 Å². The number of amides is 1. The lowest BCUT2D eigenvalue weighted by Gasteiger charge is -2.40. The molecule has 0 bridgehead atoms. The van der Waals surface area contributed by atoms with Gasteiger partial charge in [0.1, 0.15) is 24.4 Å². The van der Waals surface area contributed by atoms with E-state index in [1.54, 1.807) is 6.08 Å². The van der Waals surface area contributed by atoms with Crippen molar-refractivity contribution in [2.75, 3.05) is 13.2 Å². The van der Waals surface area contributed by atoms with Crippen molar-refractivity contribution in [2.45, 2.75) is 397 Å². The van der Waals surface area contributed by atoms with Crippen LogP contribution in [0.4, 0.5) is 0 Å². The van der Waals surface area contributed by atoms with E-state index in [1.165, 1.54) is 263 Å². The number of aliphatic hydroxyl groups is 5. The highest BCUT2D eigenvalue weighted by Crippen LogP contribution is 2.24. The highest BCUT2D eigenvalue weighted by atomic mass is 16.7. The summed E-state index contributed by atoms with van der Waals surface area (Å²) >= 11 is 0. The van der Waals surface area contributed by atoms with E-state index in [9.17, 15) is 30.3 Å². The van der Waals surface area contributed by atoms with Crippen LogP contribution < -0.4 is 5.32 Å². The summed E-state index contributed by atoms with van der Waals surface area (Å²) in [6, 6.07) is -0.807. The number of nitrogens with one attached hydrogen (secondary N) is 1. The SMILES string of the molecule is CC/C=C\C/C=C\C/C=C\C/C=C\C/C=C\CCCCCCCCCCCCCCCCCCCCCCCCCC(=O)NC(COC1OC(CO)C(O)C(O)C1O)C(O)/C=C/CCCCCCCCCCCCCCCCCCCCCCCC. The first-order chi connectivity index (χ1) is 42.3. The Morgan fingerprint density at radius 3 is 1.07 bits per heavy atom. The van der Waals surface area contributed by atoms with Crippen LogP contribution in [0.1, 0.15) is 354 Å². The van der Waals surface area contributed by atoms with E-state index in [-0.39, 0.29) is 12.5 Å². The van der Waals surface area contributed by atoms with Crippen molar-refractivity contribution >= 4 is 5.91 Å². The molecule has 86 heavy (non-hydrogen) atoms. The van der Waals surface area contributed by atoms with E-state index in [0.717, 1.165) is 70.6 Å². The Hall–Kier alpha value is -2.37. The van der Waals surface area contributed by atoms with Crippen LogP contribution >= 0.6 is 0 Å². The summed E-state index contributed by atoms with van der Waals surface area (Å²) < 4.78 is 11.3. The Bertz CT molecular complexity index is 1590. The van der Waals surface area contributed by atoms with Crippen LogP contribution in [-0.4, -0.2) is 87.5 Å². The monoisotopic (exact) mass is 1210 g/mol. The van der Waals surface area contributed by atoms with Crippen LogP contribution in [-0.2, 0) is 14.3 Å². The molecule has 0 aromatic carbocycles. The van der Waals surface area contributed by atoms with Gasteiger partial charge in [-0.3, -0.25) is 4.79 Å². The average Bonchev–Trinajstić information content (AvgIpc) is 3.55. The summed E-state index contributed by atoms with van der Waals surface area (Å²) in [5.41, 5.74) is 0. The topological polar surface area (TPSA) is 149 Å². The molecular formula is C77H141NO8. The number of rotatable bonds is 65. The van der Waals surface area contributed by atoms with Crippen molar-refractivity contribution in [3.05, 3.63) is 72.9 Å². The molecule has 7 atom stereocenters. The number of carbonyl (C=O) groups excluding carboxylic acids is 1. The second-order valence-corrected chi connectivity index (χ2v) is 25.7. The van der Waals surface area contributed by atoms with Gasteiger partial charge in [0.25, 0.3) is 0 Å². The van der Waals surface area contributed by atoms with Gasteiger partial charge in [0.2, 0.25) is 5.91 Å².